The fourth-order valence-corrected chi connectivity index (χ4v) is 8.00. The first kappa shape index (κ1) is 11.9. The predicted octanol–water partition coefficient (Wildman–Crippen LogP) is 3.85. The largest absolute Gasteiger partial charge is 0.103 e. The van der Waals surface area contributed by atoms with Gasteiger partial charge in [0.15, 0.2) is 0 Å². The topological polar surface area (TPSA) is 0 Å². The lowest BCUT2D eigenvalue weighted by molar-refractivity contribution is 1.50. The Morgan fingerprint density at radius 2 is 1.08 bits per heavy atom. The van der Waals surface area contributed by atoms with E-state index in [-0.39, 0.29) is 0 Å². The normalized spacial score (nSPS) is 12.7. The summed E-state index contributed by atoms with van der Waals surface area (Å²) in [6, 6.07) is 2.53. The van der Waals surface area contributed by atoms with E-state index < -0.39 is 15.2 Å². The zero-order valence-electron chi connectivity index (χ0n) is 8.98. The Balaban J connectivity index is 4.48. The number of rotatable bonds is 5. The molecule has 0 aromatic carbocycles. The first-order valence-electron chi connectivity index (χ1n) is 4.59. The summed E-state index contributed by atoms with van der Waals surface area (Å²) < 4.78 is 0. The van der Waals surface area contributed by atoms with E-state index in [0.717, 1.165) is 0 Å². The second-order valence-corrected chi connectivity index (χ2v) is 21.2. The second kappa shape index (κ2) is 4.24. The summed E-state index contributed by atoms with van der Waals surface area (Å²) in [6.45, 7) is 17.7. The van der Waals surface area contributed by atoms with Gasteiger partial charge in [-0.15, -0.1) is 13.2 Å². The second-order valence-electron chi connectivity index (χ2n) is 4.75. The van der Waals surface area contributed by atoms with Gasteiger partial charge in [-0.25, -0.2) is 0 Å². The molecule has 0 fully saturated rings. The van der Waals surface area contributed by atoms with Gasteiger partial charge in [-0.05, 0) is 12.1 Å². The summed E-state index contributed by atoms with van der Waals surface area (Å²) >= 11 is 0. The minimum Gasteiger partial charge on any atom is -0.103 e. The highest BCUT2D eigenvalue weighted by atomic mass is 29.3. The molecule has 0 amide bonds. The van der Waals surface area contributed by atoms with Crippen LogP contribution in [-0.2, 0) is 0 Å². The van der Waals surface area contributed by atoms with Crippen LogP contribution in [0.25, 0.3) is 0 Å². The quantitative estimate of drug-likeness (QED) is 0.465. The monoisotopic (exact) mass is 198 g/mol. The molecule has 0 aromatic heterocycles. The maximum absolute atomic E-state index is 3.85. The highest BCUT2D eigenvalue weighted by molar-refractivity contribution is 7.41. The first-order chi connectivity index (χ1) is 5.37. The minimum absolute atomic E-state index is 1.00. The van der Waals surface area contributed by atoms with Crippen molar-refractivity contribution in [2.24, 2.45) is 0 Å². The van der Waals surface area contributed by atoms with Crippen LogP contribution in [0.5, 0.6) is 0 Å². The van der Waals surface area contributed by atoms with Gasteiger partial charge >= 0.3 is 0 Å². The summed E-state index contributed by atoms with van der Waals surface area (Å²) in [4.78, 5) is 0. The van der Waals surface area contributed by atoms with Crippen molar-refractivity contribution >= 4 is 15.2 Å². The third-order valence-corrected chi connectivity index (χ3v) is 21.6. The van der Waals surface area contributed by atoms with Crippen molar-refractivity contribution in [1.29, 1.82) is 0 Å². The Bertz CT molecular complexity index is 149. The highest BCUT2D eigenvalue weighted by Crippen LogP contribution is 2.27. The van der Waals surface area contributed by atoms with Gasteiger partial charge in [-0.2, -0.15) is 0 Å². The number of allylic oxidation sites excluding steroid dienone is 2. The molecule has 0 saturated heterocycles. The van der Waals surface area contributed by atoms with Crippen molar-refractivity contribution in [2.45, 2.75) is 38.3 Å². The molecule has 2 heteroatoms. The van der Waals surface area contributed by atoms with Crippen LogP contribution in [0, 0.1) is 0 Å². The summed E-state index contributed by atoms with van der Waals surface area (Å²) in [5.74, 6) is 0. The highest BCUT2D eigenvalue weighted by Gasteiger charge is 2.38. The Labute approximate surface area is 79.2 Å². The van der Waals surface area contributed by atoms with Gasteiger partial charge in [0.25, 0.3) is 0 Å². The van der Waals surface area contributed by atoms with Crippen LogP contribution in [0.2, 0.25) is 38.3 Å². The van der Waals surface area contributed by atoms with Crippen molar-refractivity contribution in [2.75, 3.05) is 0 Å². The molecule has 0 radical (unpaired) electrons. The van der Waals surface area contributed by atoms with Crippen molar-refractivity contribution in [3.05, 3.63) is 25.3 Å². The molecule has 0 aliphatic carbocycles. The van der Waals surface area contributed by atoms with Crippen LogP contribution in [-0.4, -0.2) is 15.2 Å². The van der Waals surface area contributed by atoms with Crippen molar-refractivity contribution in [1.82, 2.24) is 0 Å². The predicted molar refractivity (Wildman–Crippen MR) is 65.0 cm³/mol. The van der Waals surface area contributed by atoms with Crippen LogP contribution in [0.3, 0.4) is 0 Å². The maximum atomic E-state index is 3.85. The van der Waals surface area contributed by atoms with Gasteiger partial charge in [-0.3, -0.25) is 0 Å². The van der Waals surface area contributed by atoms with E-state index in [1.54, 1.807) is 0 Å². The molecule has 12 heavy (non-hydrogen) atoms. The molecule has 0 aliphatic heterocycles. The van der Waals surface area contributed by atoms with Crippen LogP contribution in [0.1, 0.15) is 0 Å². The van der Waals surface area contributed by atoms with E-state index in [4.69, 9.17) is 0 Å². The fourth-order valence-electron chi connectivity index (χ4n) is 1.27. The third-order valence-electron chi connectivity index (χ3n) is 3.14. The molecule has 0 aromatic rings. The molecule has 0 atom stereocenters. The van der Waals surface area contributed by atoms with Crippen LogP contribution in [0.15, 0.2) is 25.3 Å². The number of hydrogen-bond acceptors (Lipinski definition) is 0. The first-order valence-corrected chi connectivity index (χ1v) is 12.0. The van der Waals surface area contributed by atoms with Gasteiger partial charge < -0.3 is 0 Å². The number of hydrogen-bond donors (Lipinski definition) is 0. The van der Waals surface area contributed by atoms with E-state index in [1.165, 1.54) is 12.1 Å². The van der Waals surface area contributed by atoms with E-state index in [1.807, 2.05) is 0 Å². The SMILES string of the molecule is C=CC[Si](C)(C)[Si](C)(C)CC=C. The lowest BCUT2D eigenvalue weighted by Gasteiger charge is -2.37. The zero-order valence-corrected chi connectivity index (χ0v) is 11.0. The van der Waals surface area contributed by atoms with Gasteiger partial charge in [-0.1, -0.05) is 38.3 Å². The Morgan fingerprint density at radius 3 is 1.25 bits per heavy atom. The fraction of sp³-hybridized carbons (Fsp3) is 0.600. The van der Waals surface area contributed by atoms with Gasteiger partial charge in [0.05, 0.1) is 0 Å². The van der Waals surface area contributed by atoms with E-state index >= 15 is 0 Å². The molecule has 0 heterocycles. The van der Waals surface area contributed by atoms with Crippen molar-refractivity contribution < 1.29 is 0 Å². The molecular formula is C10H22Si2. The lowest BCUT2D eigenvalue weighted by Crippen LogP contribution is -2.53. The Morgan fingerprint density at radius 1 is 0.833 bits per heavy atom. The summed E-state index contributed by atoms with van der Waals surface area (Å²) in [5, 5.41) is 0. The smallest absolute Gasteiger partial charge is 0.0452 e. The lowest BCUT2D eigenvalue weighted by atomic mass is 10.8. The molecular weight excluding hydrogens is 176 g/mol. The minimum atomic E-state index is -1.00. The summed E-state index contributed by atoms with van der Waals surface area (Å²) in [6.07, 6.45) is 4.20. The summed E-state index contributed by atoms with van der Waals surface area (Å²) in [7, 11) is -2.00. The van der Waals surface area contributed by atoms with Crippen LogP contribution >= 0.6 is 0 Å². The van der Waals surface area contributed by atoms with Crippen LogP contribution in [0.4, 0.5) is 0 Å². The third kappa shape index (κ3) is 2.75. The molecule has 70 valence electrons. The molecule has 0 saturated carbocycles. The van der Waals surface area contributed by atoms with Gasteiger partial charge in [0.1, 0.15) is 0 Å². The molecule has 0 nitrogen and oxygen atoms in total. The average molecular weight is 198 g/mol. The summed E-state index contributed by atoms with van der Waals surface area (Å²) in [5.41, 5.74) is 0. The van der Waals surface area contributed by atoms with Crippen LogP contribution < -0.4 is 0 Å². The van der Waals surface area contributed by atoms with E-state index in [9.17, 15) is 0 Å². The average Bonchev–Trinajstić information content (AvgIpc) is 1.86. The Hall–Kier alpha value is -0.0862. The molecule has 0 rings (SSSR count). The standard InChI is InChI=1S/C10H22Si2/c1-7-9-11(3,4)12(5,6)10-8-2/h7-8H,1-2,9-10H2,3-6H3. The molecule has 0 bridgehead atoms. The molecule has 0 N–H and O–H groups in total. The molecule has 0 aliphatic rings. The Kier molecular flexibility index (Phi) is 4.21. The zero-order chi connectivity index (χ0) is 9.83. The maximum Gasteiger partial charge on any atom is 0.0452 e. The van der Waals surface area contributed by atoms with E-state index in [0.29, 0.717) is 0 Å². The van der Waals surface area contributed by atoms with Gasteiger partial charge in [0.2, 0.25) is 0 Å². The van der Waals surface area contributed by atoms with Crippen molar-refractivity contribution in [3.8, 4) is 0 Å². The molecule has 0 spiro atoms. The van der Waals surface area contributed by atoms with Crippen molar-refractivity contribution in [3.63, 3.8) is 0 Å². The van der Waals surface area contributed by atoms with E-state index in [2.05, 4.69) is 51.5 Å². The van der Waals surface area contributed by atoms with Gasteiger partial charge in [0, 0.05) is 15.2 Å². The molecule has 0 unspecified atom stereocenters.